The third-order valence-electron chi connectivity index (χ3n) is 3.73. The maximum atomic E-state index is 11.6. The van der Waals surface area contributed by atoms with Crippen LogP contribution in [-0.4, -0.2) is 22.8 Å². The molecule has 0 saturated heterocycles. The Bertz CT molecular complexity index is 896. The molecule has 0 radical (unpaired) electrons. The van der Waals surface area contributed by atoms with Crippen molar-refractivity contribution >= 4 is 22.5 Å². The van der Waals surface area contributed by atoms with Gasteiger partial charge in [-0.1, -0.05) is 24.8 Å². The summed E-state index contributed by atoms with van der Waals surface area (Å²) in [5.41, 5.74) is 3.68. The van der Waals surface area contributed by atoms with Crippen LogP contribution in [0.15, 0.2) is 55.3 Å². The Hall–Kier alpha value is -3.08. The van der Waals surface area contributed by atoms with Gasteiger partial charge in [-0.3, -0.25) is 9.48 Å². The number of methoxy groups -OCH3 is 1. The molecule has 2 aromatic carbocycles. The van der Waals surface area contributed by atoms with Crippen molar-refractivity contribution in [1.82, 2.24) is 9.78 Å². The number of nitrogens with zero attached hydrogens (tertiary/aromatic N) is 2. The van der Waals surface area contributed by atoms with Gasteiger partial charge in [0.2, 0.25) is 5.91 Å². The molecule has 0 unspecified atom stereocenters. The third kappa shape index (κ3) is 2.81. The molecule has 1 aromatic heterocycles. The second-order valence-electron chi connectivity index (χ2n) is 5.15. The summed E-state index contributed by atoms with van der Waals surface area (Å²) in [6.45, 7) is 3.47. The van der Waals surface area contributed by atoms with Crippen molar-refractivity contribution in [2.75, 3.05) is 12.4 Å². The van der Waals surface area contributed by atoms with Crippen LogP contribution in [0, 0.1) is 0 Å². The Balaban J connectivity index is 2.07. The molecule has 5 heteroatoms. The summed E-state index contributed by atoms with van der Waals surface area (Å²) >= 11 is 0. The molecular formula is C18H17N3O2. The lowest BCUT2D eigenvalue weighted by molar-refractivity contribution is -0.111. The van der Waals surface area contributed by atoms with Gasteiger partial charge in [0.1, 0.15) is 5.75 Å². The minimum Gasteiger partial charge on any atom is -0.495 e. The van der Waals surface area contributed by atoms with Gasteiger partial charge >= 0.3 is 0 Å². The van der Waals surface area contributed by atoms with Crippen LogP contribution in [0.2, 0.25) is 0 Å². The van der Waals surface area contributed by atoms with E-state index < -0.39 is 0 Å². The highest BCUT2D eigenvalue weighted by Gasteiger charge is 2.09. The average molecular weight is 307 g/mol. The third-order valence-corrected chi connectivity index (χ3v) is 3.73. The number of carbonyl (C=O) groups excluding carboxylic acids is 1. The van der Waals surface area contributed by atoms with E-state index >= 15 is 0 Å². The molecule has 23 heavy (non-hydrogen) atoms. The zero-order valence-electron chi connectivity index (χ0n) is 13.0. The van der Waals surface area contributed by atoms with Crippen LogP contribution < -0.4 is 10.1 Å². The fraction of sp³-hybridized carbons (Fsp3) is 0.111. The zero-order valence-corrected chi connectivity index (χ0v) is 13.0. The maximum absolute atomic E-state index is 11.6. The van der Waals surface area contributed by atoms with Crippen molar-refractivity contribution in [3.63, 3.8) is 0 Å². The minimum absolute atomic E-state index is 0.275. The van der Waals surface area contributed by atoms with Crippen LogP contribution in [-0.2, 0) is 11.8 Å². The van der Waals surface area contributed by atoms with E-state index in [1.165, 1.54) is 6.08 Å². The Morgan fingerprint density at radius 2 is 2.00 bits per heavy atom. The number of amides is 1. The van der Waals surface area contributed by atoms with E-state index in [1.54, 1.807) is 7.11 Å². The molecule has 0 aliphatic heterocycles. The lowest BCUT2D eigenvalue weighted by atomic mass is 10.0. The van der Waals surface area contributed by atoms with Crippen molar-refractivity contribution in [1.29, 1.82) is 0 Å². The number of nitrogens with one attached hydrogen (secondary N) is 1. The molecule has 0 saturated carbocycles. The number of hydrogen-bond donors (Lipinski definition) is 1. The van der Waals surface area contributed by atoms with E-state index in [9.17, 15) is 4.79 Å². The fourth-order valence-corrected chi connectivity index (χ4v) is 2.49. The number of aromatic nitrogens is 2. The van der Waals surface area contributed by atoms with Gasteiger partial charge in [0.15, 0.2) is 0 Å². The van der Waals surface area contributed by atoms with Crippen LogP contribution in [0.3, 0.4) is 0 Å². The molecule has 5 nitrogen and oxygen atoms in total. The molecule has 1 N–H and O–H groups in total. The largest absolute Gasteiger partial charge is 0.495 e. The molecule has 3 aromatic rings. The average Bonchev–Trinajstić information content (AvgIpc) is 2.95. The number of rotatable bonds is 4. The topological polar surface area (TPSA) is 56.2 Å². The summed E-state index contributed by atoms with van der Waals surface area (Å²) in [7, 11) is 3.48. The van der Waals surface area contributed by atoms with Crippen LogP contribution in [0.4, 0.5) is 5.69 Å². The predicted octanol–water partition coefficient (Wildman–Crippen LogP) is 3.37. The standard InChI is InChI=1S/C18H17N3O2/c1-4-18(22)20-15-9-12(7-8-17(15)23-3)13-5-6-14-11-19-21(2)16(14)10-13/h4-11H,1H2,2-3H3,(H,20,22). The van der Waals surface area contributed by atoms with Crippen LogP contribution in [0.5, 0.6) is 5.75 Å². The first-order valence-electron chi connectivity index (χ1n) is 7.16. The molecule has 0 aliphatic rings. The summed E-state index contributed by atoms with van der Waals surface area (Å²) < 4.78 is 7.13. The van der Waals surface area contributed by atoms with Crippen LogP contribution in [0.1, 0.15) is 0 Å². The van der Waals surface area contributed by atoms with Gasteiger partial charge in [-0.15, -0.1) is 0 Å². The highest BCUT2D eigenvalue weighted by molar-refractivity contribution is 6.00. The summed E-state index contributed by atoms with van der Waals surface area (Å²) in [6.07, 6.45) is 3.07. The second kappa shape index (κ2) is 5.96. The molecule has 3 rings (SSSR count). The molecule has 116 valence electrons. The van der Waals surface area contributed by atoms with E-state index in [0.29, 0.717) is 11.4 Å². The first-order chi connectivity index (χ1) is 11.1. The minimum atomic E-state index is -0.275. The molecule has 0 spiro atoms. The Kier molecular flexibility index (Phi) is 3.85. The molecule has 0 fully saturated rings. The summed E-state index contributed by atoms with van der Waals surface area (Å²) in [5, 5.41) is 8.11. The number of benzene rings is 2. The zero-order chi connectivity index (χ0) is 16.4. The maximum Gasteiger partial charge on any atom is 0.247 e. The second-order valence-corrected chi connectivity index (χ2v) is 5.15. The van der Waals surface area contributed by atoms with Crippen LogP contribution in [0.25, 0.3) is 22.0 Å². The summed E-state index contributed by atoms with van der Waals surface area (Å²) in [5.74, 6) is 0.327. The van der Waals surface area contributed by atoms with Crippen molar-refractivity contribution in [3.05, 3.63) is 55.3 Å². The van der Waals surface area contributed by atoms with E-state index in [-0.39, 0.29) is 5.91 Å². The van der Waals surface area contributed by atoms with E-state index in [2.05, 4.69) is 23.1 Å². The van der Waals surface area contributed by atoms with E-state index in [0.717, 1.165) is 22.0 Å². The summed E-state index contributed by atoms with van der Waals surface area (Å²) in [4.78, 5) is 11.6. The normalized spacial score (nSPS) is 10.5. The molecular weight excluding hydrogens is 290 g/mol. The number of carbonyl (C=O) groups is 1. The number of anilines is 1. The monoisotopic (exact) mass is 307 g/mol. The SMILES string of the molecule is C=CC(=O)Nc1cc(-c2ccc3cnn(C)c3c2)ccc1OC. The highest BCUT2D eigenvalue weighted by Crippen LogP contribution is 2.32. The van der Waals surface area contributed by atoms with Gasteiger partial charge in [0.25, 0.3) is 0 Å². The van der Waals surface area contributed by atoms with Crippen molar-refractivity contribution in [3.8, 4) is 16.9 Å². The number of ether oxygens (including phenoxy) is 1. The van der Waals surface area contributed by atoms with E-state index in [4.69, 9.17) is 4.74 Å². The van der Waals surface area contributed by atoms with Crippen LogP contribution >= 0.6 is 0 Å². The number of hydrogen-bond acceptors (Lipinski definition) is 3. The predicted molar refractivity (Wildman–Crippen MR) is 91.5 cm³/mol. The first kappa shape index (κ1) is 14.8. The number of aryl methyl sites for hydroxylation is 1. The van der Waals surface area contributed by atoms with Gasteiger partial charge in [-0.25, -0.2) is 0 Å². The lowest BCUT2D eigenvalue weighted by Gasteiger charge is -2.11. The first-order valence-corrected chi connectivity index (χ1v) is 7.16. The van der Waals surface area contributed by atoms with E-state index in [1.807, 2.05) is 48.3 Å². The van der Waals surface area contributed by atoms with Gasteiger partial charge in [0, 0.05) is 12.4 Å². The van der Waals surface area contributed by atoms with Gasteiger partial charge in [-0.05, 0) is 35.4 Å². The lowest BCUT2D eigenvalue weighted by Crippen LogP contribution is -2.08. The molecule has 1 amide bonds. The Morgan fingerprint density at radius 1 is 1.26 bits per heavy atom. The van der Waals surface area contributed by atoms with Crippen molar-refractivity contribution in [2.24, 2.45) is 7.05 Å². The molecule has 0 atom stereocenters. The quantitative estimate of drug-likeness (QED) is 0.752. The van der Waals surface area contributed by atoms with Crippen molar-refractivity contribution in [2.45, 2.75) is 0 Å². The molecule has 1 heterocycles. The van der Waals surface area contributed by atoms with Gasteiger partial charge in [0.05, 0.1) is 24.5 Å². The van der Waals surface area contributed by atoms with Crippen molar-refractivity contribution < 1.29 is 9.53 Å². The highest BCUT2D eigenvalue weighted by atomic mass is 16.5. The molecule has 0 bridgehead atoms. The summed E-state index contributed by atoms with van der Waals surface area (Å²) in [6, 6.07) is 11.8. The Morgan fingerprint density at radius 3 is 2.74 bits per heavy atom. The van der Waals surface area contributed by atoms with Gasteiger partial charge in [-0.2, -0.15) is 5.10 Å². The fourth-order valence-electron chi connectivity index (χ4n) is 2.49. The van der Waals surface area contributed by atoms with Gasteiger partial charge < -0.3 is 10.1 Å². The Labute approximate surface area is 134 Å². The smallest absolute Gasteiger partial charge is 0.247 e. The number of fused-ring (bicyclic) bond motifs is 1. The molecule has 0 aliphatic carbocycles.